The van der Waals surface area contributed by atoms with E-state index in [0.717, 1.165) is 0 Å². The maximum absolute atomic E-state index is 9.53. The van der Waals surface area contributed by atoms with Crippen LogP contribution in [-0.4, -0.2) is 0 Å². The summed E-state index contributed by atoms with van der Waals surface area (Å²) in [4.78, 5) is 0. The van der Waals surface area contributed by atoms with Gasteiger partial charge in [-0.3, -0.25) is 0 Å². The smallest absolute Gasteiger partial charge is 0.147 e. The lowest BCUT2D eigenvalue weighted by Gasteiger charge is -2.18. The fourth-order valence-corrected chi connectivity index (χ4v) is 4.57. The van der Waals surface area contributed by atoms with Crippen LogP contribution in [0.1, 0.15) is 27.4 Å². The van der Waals surface area contributed by atoms with Crippen LogP contribution in [0.25, 0.3) is 76.7 Å². The largest absolute Gasteiger partial charge is 0.464 e. The van der Waals surface area contributed by atoms with Crippen LogP contribution < -0.4 is 0 Å². The van der Waals surface area contributed by atoms with Crippen molar-refractivity contribution < 1.29 is 36.2 Å². The second-order valence-electron chi connectivity index (χ2n) is 7.79. The zero-order valence-electron chi connectivity index (χ0n) is 37.8. The van der Waals surface area contributed by atoms with Crippen molar-refractivity contribution in [1.29, 1.82) is 0 Å². The Balaban J connectivity index is 1.83. The van der Waals surface area contributed by atoms with Crippen molar-refractivity contribution >= 4 is 54.5 Å². The van der Waals surface area contributed by atoms with Crippen molar-refractivity contribution in [2.75, 3.05) is 0 Å². The van der Waals surface area contributed by atoms with Crippen LogP contribution in [0.4, 0.5) is 0 Å². The summed E-state index contributed by atoms with van der Waals surface area (Å²) in [5.41, 5.74) is -3.61. The molecule has 0 fully saturated rings. The number of para-hydroxylation sites is 1. The molecular formula is C34H20O2. The molecule has 0 atom stereocenters. The van der Waals surface area contributed by atoms with Crippen LogP contribution >= 0.6 is 0 Å². The van der Waals surface area contributed by atoms with Crippen LogP contribution in [-0.2, 0) is 0 Å². The van der Waals surface area contributed by atoms with Gasteiger partial charge >= 0.3 is 0 Å². The Morgan fingerprint density at radius 2 is 1.11 bits per heavy atom. The Kier molecular flexibility index (Phi) is 1.71. The van der Waals surface area contributed by atoms with Crippen LogP contribution in [0.2, 0.25) is 0 Å². The minimum absolute atomic E-state index is 0.280. The average molecular weight is 481 g/mol. The minimum Gasteiger partial charge on any atom is -0.464 e. The number of rotatable bonds is 2. The highest BCUT2D eigenvalue weighted by atomic mass is 16.3. The second-order valence-corrected chi connectivity index (χ2v) is 7.79. The van der Waals surface area contributed by atoms with E-state index in [1.807, 2.05) is 0 Å². The van der Waals surface area contributed by atoms with E-state index in [0.29, 0.717) is 0 Å². The Morgan fingerprint density at radius 3 is 1.81 bits per heavy atom. The molecule has 0 spiro atoms. The van der Waals surface area contributed by atoms with Crippen molar-refractivity contribution in [3.8, 4) is 22.3 Å². The third-order valence-corrected chi connectivity index (χ3v) is 5.97. The molecule has 0 bridgehead atoms. The first-order valence-electron chi connectivity index (χ1n) is 20.6. The molecular weight excluding hydrogens is 440 g/mol. The zero-order valence-corrected chi connectivity index (χ0v) is 17.8. The molecule has 2 heteroatoms. The fourth-order valence-electron chi connectivity index (χ4n) is 4.57. The Hall–Kier alpha value is -4.82. The fraction of sp³-hybridized carbons (Fsp3) is 0. The van der Waals surface area contributed by atoms with Crippen molar-refractivity contribution in [3.63, 3.8) is 0 Å². The summed E-state index contributed by atoms with van der Waals surface area (Å²) >= 11 is 0. The molecule has 0 saturated carbocycles. The summed E-state index contributed by atoms with van der Waals surface area (Å²) < 4.78 is 187. The summed E-state index contributed by atoms with van der Waals surface area (Å²) in [6.07, 6.45) is -0.766. The van der Waals surface area contributed by atoms with Gasteiger partial charge in [-0.1, -0.05) is 96.7 Å². The highest BCUT2D eigenvalue weighted by Crippen LogP contribution is 2.48. The molecule has 0 aliphatic carbocycles. The maximum Gasteiger partial charge on any atom is 0.147 e. The molecule has 0 radical (unpaired) electrons. The van der Waals surface area contributed by atoms with Crippen molar-refractivity contribution in [2.24, 2.45) is 0 Å². The van der Waals surface area contributed by atoms with Gasteiger partial charge in [0.2, 0.25) is 0 Å². The van der Waals surface area contributed by atoms with Crippen LogP contribution in [0, 0.1) is 0 Å². The van der Waals surface area contributed by atoms with Crippen molar-refractivity contribution in [2.45, 2.75) is 0 Å². The Bertz CT molecular complexity index is 3090. The van der Waals surface area contributed by atoms with Crippen LogP contribution in [0.5, 0.6) is 0 Å². The van der Waals surface area contributed by atoms with Gasteiger partial charge in [-0.2, -0.15) is 0 Å². The van der Waals surface area contributed by atoms with E-state index in [9.17, 15) is 6.85 Å². The van der Waals surface area contributed by atoms with Gasteiger partial charge in [-0.15, -0.1) is 0 Å². The van der Waals surface area contributed by atoms with Gasteiger partial charge in [0, 0.05) is 21.9 Å². The first-order valence-corrected chi connectivity index (χ1v) is 10.6. The van der Waals surface area contributed by atoms with E-state index in [2.05, 4.69) is 0 Å². The lowest BCUT2D eigenvalue weighted by Crippen LogP contribution is -1.91. The lowest BCUT2D eigenvalue weighted by molar-refractivity contribution is 0.618. The predicted octanol–water partition coefficient (Wildman–Crippen LogP) is 9.97. The molecule has 0 saturated heterocycles. The SMILES string of the molecule is [2H]c1oc2c(c1[2H])c([2H])c(-c1c3c([2H])c([2H])c([2H])c([2H])c3c(-c3c([2H])c([2H])c([2H])c([2H])c3[2H])c3c([2H])c([2H])c([2H])c([2H])c13)c1oc3c([2H])c([2H])c([2H])c([2H])c3c12. The average Bonchev–Trinajstić information content (AvgIpc) is 3.71. The maximum atomic E-state index is 9.53. The summed E-state index contributed by atoms with van der Waals surface area (Å²) in [6.45, 7) is 0. The third-order valence-electron chi connectivity index (χ3n) is 5.97. The molecule has 168 valence electrons. The van der Waals surface area contributed by atoms with Gasteiger partial charge in [0.05, 0.1) is 37.7 Å². The molecule has 2 aromatic heterocycles. The highest BCUT2D eigenvalue weighted by Gasteiger charge is 2.22. The first-order chi connectivity index (χ1) is 26.2. The van der Waals surface area contributed by atoms with E-state index in [-0.39, 0.29) is 16.4 Å². The lowest BCUT2D eigenvalue weighted by atomic mass is 9.85. The summed E-state index contributed by atoms with van der Waals surface area (Å²) in [7, 11) is 0. The number of fused-ring (bicyclic) bond motifs is 7. The van der Waals surface area contributed by atoms with Crippen LogP contribution in [0.3, 0.4) is 0 Å². The molecule has 0 N–H and O–H groups in total. The molecule has 6 aromatic carbocycles. The molecule has 0 amide bonds. The summed E-state index contributed by atoms with van der Waals surface area (Å²) in [5.74, 6) is 0. The van der Waals surface area contributed by atoms with E-state index in [1.54, 1.807) is 0 Å². The van der Waals surface area contributed by atoms with E-state index in [4.69, 9.17) is 29.4 Å². The normalized spacial score (nSPS) is 19.7. The molecule has 0 unspecified atom stereocenters. The standard InChI is InChI=1S/C34H20O2/c1-2-10-21(11-3-1)30-23-12-4-6-14-25(23)31(26-15-7-5-13-24(26)30)28-20-22-18-19-35-33(22)32-27-16-8-9-17-29(27)36-34(28)32/h1-20H/i1D,2D,3D,4D,5D,6D,7D,8D,9D,10D,11D,12D,13D,14D,15D,16D,17D,18D,19D,20D. The predicted molar refractivity (Wildman–Crippen MR) is 149 cm³/mol. The number of furan rings is 2. The molecule has 36 heavy (non-hydrogen) atoms. The van der Waals surface area contributed by atoms with Gasteiger partial charge in [0.25, 0.3) is 0 Å². The number of hydrogen-bond acceptors (Lipinski definition) is 2. The van der Waals surface area contributed by atoms with Crippen molar-refractivity contribution in [1.82, 2.24) is 0 Å². The number of hydrogen-bond donors (Lipinski definition) is 0. The molecule has 2 heterocycles. The van der Waals surface area contributed by atoms with Gasteiger partial charge in [-0.05, 0) is 50.8 Å². The van der Waals surface area contributed by atoms with E-state index >= 15 is 0 Å². The summed E-state index contributed by atoms with van der Waals surface area (Å²) in [5, 5.41) is -3.28. The second kappa shape index (κ2) is 7.34. The minimum atomic E-state index is -0.873. The monoisotopic (exact) mass is 480 g/mol. The van der Waals surface area contributed by atoms with E-state index in [1.165, 1.54) is 0 Å². The van der Waals surface area contributed by atoms with E-state index < -0.39 is 181 Å². The Morgan fingerprint density at radius 1 is 0.528 bits per heavy atom. The van der Waals surface area contributed by atoms with Crippen molar-refractivity contribution in [3.05, 3.63) is 121 Å². The first kappa shape index (κ1) is 8.39. The molecule has 0 aliphatic heterocycles. The molecule has 2 nitrogen and oxygen atoms in total. The quantitative estimate of drug-likeness (QED) is 0.230. The van der Waals surface area contributed by atoms with Gasteiger partial charge in [-0.25, -0.2) is 0 Å². The topological polar surface area (TPSA) is 26.3 Å². The molecule has 8 aromatic rings. The van der Waals surface area contributed by atoms with Gasteiger partial charge in [0.15, 0.2) is 0 Å². The van der Waals surface area contributed by atoms with Crippen LogP contribution in [0.15, 0.2) is 130 Å². The Labute approximate surface area is 235 Å². The molecule has 0 aliphatic rings. The highest BCUT2D eigenvalue weighted by molar-refractivity contribution is 6.27. The van der Waals surface area contributed by atoms with Gasteiger partial charge < -0.3 is 8.83 Å². The number of benzene rings is 6. The van der Waals surface area contributed by atoms with Gasteiger partial charge in [0.1, 0.15) is 18.1 Å². The zero-order chi connectivity index (χ0) is 41.0. The molecule has 8 rings (SSSR count). The summed E-state index contributed by atoms with van der Waals surface area (Å²) in [6, 6.07) is -15.3. The third kappa shape index (κ3) is 2.61.